The van der Waals surface area contributed by atoms with Crippen LogP contribution < -0.4 is 0 Å². The molecule has 0 bridgehead atoms. The van der Waals surface area contributed by atoms with Crippen molar-refractivity contribution in [2.24, 2.45) is 5.92 Å². The Labute approximate surface area is 167 Å². The highest BCUT2D eigenvalue weighted by Gasteiger charge is 2.51. The van der Waals surface area contributed by atoms with E-state index >= 15 is 0 Å². The zero-order valence-electron chi connectivity index (χ0n) is 17.9. The summed E-state index contributed by atoms with van der Waals surface area (Å²) in [5.74, 6) is -1.24. The molecule has 1 rings (SSSR count). The fraction of sp³-hybridized carbons (Fsp3) is 0.957. The zero-order chi connectivity index (χ0) is 20.0. The van der Waals surface area contributed by atoms with Crippen LogP contribution in [0, 0.1) is 5.92 Å². The molecule has 1 aliphatic rings. The van der Waals surface area contributed by atoms with Crippen molar-refractivity contribution in [3.05, 3.63) is 0 Å². The maximum atomic E-state index is 11.6. The van der Waals surface area contributed by atoms with Gasteiger partial charge in [-0.2, -0.15) is 0 Å². The lowest BCUT2D eigenvalue weighted by atomic mass is 9.87. The molecule has 0 amide bonds. The lowest BCUT2D eigenvalue weighted by molar-refractivity contribution is -0.151. The van der Waals surface area contributed by atoms with Gasteiger partial charge in [-0.25, -0.2) is 0 Å². The van der Waals surface area contributed by atoms with Crippen LogP contribution in [-0.4, -0.2) is 34.5 Å². The van der Waals surface area contributed by atoms with Crippen LogP contribution in [-0.2, 0) is 9.53 Å². The van der Waals surface area contributed by atoms with Gasteiger partial charge in [0, 0.05) is 0 Å². The zero-order valence-corrected chi connectivity index (χ0v) is 17.9. The maximum Gasteiger partial charge on any atom is 0.314 e. The fourth-order valence-corrected chi connectivity index (χ4v) is 4.14. The molecule has 160 valence electrons. The maximum absolute atomic E-state index is 11.6. The third-order valence-corrected chi connectivity index (χ3v) is 6.12. The molecule has 1 unspecified atom stereocenters. The predicted octanol–water partition coefficient (Wildman–Crippen LogP) is 5.53. The standard InChI is InChI=1S/C23H44O4/c1-3-4-5-6-7-8-9-10-11-12-13-14-15-16-17-18-23(2)21(25)20(19-24)22(26)27-23/h20-21,24-25H,3-19H2,1-2H3/t20-,21?,23+/m0/s1. The average molecular weight is 385 g/mol. The number of ether oxygens (including phenoxy) is 1. The number of hydrogen-bond donors (Lipinski definition) is 2. The molecule has 4 heteroatoms. The Morgan fingerprint density at radius 2 is 1.22 bits per heavy atom. The van der Waals surface area contributed by atoms with Gasteiger partial charge in [-0.15, -0.1) is 0 Å². The van der Waals surface area contributed by atoms with Gasteiger partial charge in [0.05, 0.1) is 6.61 Å². The van der Waals surface area contributed by atoms with E-state index in [-0.39, 0.29) is 6.61 Å². The Morgan fingerprint density at radius 1 is 0.815 bits per heavy atom. The number of carbonyl (C=O) groups is 1. The van der Waals surface area contributed by atoms with Crippen molar-refractivity contribution >= 4 is 5.97 Å². The number of unbranched alkanes of at least 4 members (excludes halogenated alkanes) is 14. The second-order valence-electron chi connectivity index (χ2n) is 8.67. The van der Waals surface area contributed by atoms with Crippen molar-refractivity contribution in [1.29, 1.82) is 0 Å². The topological polar surface area (TPSA) is 66.8 Å². The molecule has 1 saturated heterocycles. The van der Waals surface area contributed by atoms with E-state index in [4.69, 9.17) is 4.74 Å². The van der Waals surface area contributed by atoms with Crippen LogP contribution in [0.1, 0.15) is 117 Å². The molecule has 1 heterocycles. The second kappa shape index (κ2) is 14.4. The quantitative estimate of drug-likeness (QED) is 0.255. The molecule has 0 spiro atoms. The van der Waals surface area contributed by atoms with Gasteiger partial charge in [0.2, 0.25) is 0 Å². The Kier molecular flexibility index (Phi) is 13.0. The van der Waals surface area contributed by atoms with Crippen molar-refractivity contribution in [3.8, 4) is 0 Å². The first-order chi connectivity index (χ1) is 13.0. The molecule has 0 saturated carbocycles. The van der Waals surface area contributed by atoms with Crippen LogP contribution in [0.4, 0.5) is 0 Å². The van der Waals surface area contributed by atoms with Crippen molar-refractivity contribution in [2.75, 3.05) is 6.61 Å². The largest absolute Gasteiger partial charge is 0.456 e. The van der Waals surface area contributed by atoms with Gasteiger partial charge in [-0.1, -0.05) is 96.8 Å². The van der Waals surface area contributed by atoms with Gasteiger partial charge in [-0.05, 0) is 19.8 Å². The molecule has 1 aliphatic heterocycles. The minimum atomic E-state index is -0.887. The third-order valence-electron chi connectivity index (χ3n) is 6.12. The molecule has 0 aliphatic carbocycles. The molecule has 0 aromatic carbocycles. The average Bonchev–Trinajstić information content (AvgIpc) is 2.86. The molecule has 0 radical (unpaired) electrons. The number of hydrogen-bond acceptors (Lipinski definition) is 4. The minimum Gasteiger partial charge on any atom is -0.456 e. The lowest BCUT2D eigenvalue weighted by Gasteiger charge is -2.27. The highest BCUT2D eigenvalue weighted by molar-refractivity contribution is 5.76. The molecule has 27 heavy (non-hydrogen) atoms. The normalized spacial score (nSPS) is 25.1. The molecular formula is C23H44O4. The molecule has 3 atom stereocenters. The molecule has 2 N–H and O–H groups in total. The smallest absolute Gasteiger partial charge is 0.314 e. The molecule has 1 fully saturated rings. The van der Waals surface area contributed by atoms with Gasteiger partial charge < -0.3 is 14.9 Å². The van der Waals surface area contributed by atoms with Crippen LogP contribution in [0.15, 0.2) is 0 Å². The second-order valence-corrected chi connectivity index (χ2v) is 8.67. The molecule has 4 nitrogen and oxygen atoms in total. The minimum absolute atomic E-state index is 0.339. The number of cyclic esters (lactones) is 1. The first-order valence-electron chi connectivity index (χ1n) is 11.6. The number of rotatable bonds is 17. The summed E-state index contributed by atoms with van der Waals surface area (Å²) < 4.78 is 5.33. The summed E-state index contributed by atoms with van der Waals surface area (Å²) in [6.07, 6.45) is 19.6. The van der Waals surface area contributed by atoms with E-state index in [0.29, 0.717) is 6.42 Å². The predicted molar refractivity (Wildman–Crippen MR) is 111 cm³/mol. The summed E-state index contributed by atoms with van der Waals surface area (Å²) in [6, 6.07) is 0. The van der Waals surface area contributed by atoms with Crippen LogP contribution in [0.3, 0.4) is 0 Å². The van der Waals surface area contributed by atoms with E-state index in [1.165, 1.54) is 83.5 Å². The molecule has 0 aromatic rings. The Hall–Kier alpha value is -0.610. The number of esters is 1. The van der Waals surface area contributed by atoms with Crippen LogP contribution in [0.2, 0.25) is 0 Å². The van der Waals surface area contributed by atoms with Gasteiger partial charge in [0.1, 0.15) is 17.6 Å². The van der Waals surface area contributed by atoms with E-state index in [2.05, 4.69) is 6.92 Å². The van der Waals surface area contributed by atoms with Crippen molar-refractivity contribution in [2.45, 2.75) is 128 Å². The Bertz CT molecular complexity index is 385. The van der Waals surface area contributed by atoms with E-state index in [0.717, 1.165) is 12.8 Å². The SMILES string of the molecule is CCCCCCCCCCCCCCCCC[C@@]1(C)OC(=O)[C@@H](CO)C1O. The Morgan fingerprint density at radius 3 is 1.59 bits per heavy atom. The van der Waals surface area contributed by atoms with Crippen LogP contribution >= 0.6 is 0 Å². The third kappa shape index (κ3) is 9.43. The highest BCUT2D eigenvalue weighted by Crippen LogP contribution is 2.35. The van der Waals surface area contributed by atoms with Crippen molar-refractivity contribution in [3.63, 3.8) is 0 Å². The van der Waals surface area contributed by atoms with E-state index < -0.39 is 23.6 Å². The fourth-order valence-electron chi connectivity index (χ4n) is 4.14. The first kappa shape index (κ1) is 24.4. The Balaban J connectivity index is 1.89. The summed E-state index contributed by atoms with van der Waals surface area (Å²) in [4.78, 5) is 11.6. The number of aliphatic hydroxyl groups is 2. The lowest BCUT2D eigenvalue weighted by Crippen LogP contribution is -2.39. The van der Waals surface area contributed by atoms with Crippen LogP contribution in [0.5, 0.6) is 0 Å². The summed E-state index contributed by atoms with van der Waals surface area (Å²) >= 11 is 0. The summed E-state index contributed by atoms with van der Waals surface area (Å²) in [5, 5.41) is 19.4. The summed E-state index contributed by atoms with van der Waals surface area (Å²) in [5.41, 5.74) is -0.818. The first-order valence-corrected chi connectivity index (χ1v) is 11.6. The number of aliphatic hydroxyl groups excluding tert-OH is 2. The van der Waals surface area contributed by atoms with Gasteiger partial charge in [-0.3, -0.25) is 4.79 Å². The van der Waals surface area contributed by atoms with Crippen LogP contribution in [0.25, 0.3) is 0 Å². The van der Waals surface area contributed by atoms with Gasteiger partial charge >= 0.3 is 5.97 Å². The monoisotopic (exact) mass is 384 g/mol. The summed E-state index contributed by atoms with van der Waals surface area (Å²) in [7, 11) is 0. The van der Waals surface area contributed by atoms with Gasteiger partial charge in [0.25, 0.3) is 0 Å². The molecule has 0 aromatic heterocycles. The number of carbonyl (C=O) groups excluding carboxylic acids is 1. The van der Waals surface area contributed by atoms with Gasteiger partial charge in [0.15, 0.2) is 0 Å². The summed E-state index contributed by atoms with van der Waals surface area (Å²) in [6.45, 7) is 3.72. The van der Waals surface area contributed by atoms with E-state index in [1.54, 1.807) is 6.92 Å². The van der Waals surface area contributed by atoms with Crippen molar-refractivity contribution in [1.82, 2.24) is 0 Å². The van der Waals surface area contributed by atoms with E-state index in [9.17, 15) is 15.0 Å². The van der Waals surface area contributed by atoms with Crippen molar-refractivity contribution < 1.29 is 19.7 Å². The van der Waals surface area contributed by atoms with E-state index in [1.807, 2.05) is 0 Å². The highest BCUT2D eigenvalue weighted by atomic mass is 16.6. The molecular weight excluding hydrogens is 340 g/mol.